The second-order valence-corrected chi connectivity index (χ2v) is 6.24. The van der Waals surface area contributed by atoms with Crippen molar-refractivity contribution in [3.8, 4) is 5.75 Å². The van der Waals surface area contributed by atoms with Gasteiger partial charge in [-0.15, -0.1) is 0 Å². The summed E-state index contributed by atoms with van der Waals surface area (Å²) >= 11 is 0. The summed E-state index contributed by atoms with van der Waals surface area (Å²) in [5.41, 5.74) is 2.21. The van der Waals surface area contributed by atoms with Crippen LogP contribution in [0.1, 0.15) is 30.1 Å². The summed E-state index contributed by atoms with van der Waals surface area (Å²) in [5.74, 6) is 0.823. The van der Waals surface area contributed by atoms with Crippen LogP contribution in [0.25, 0.3) is 0 Å². The zero-order chi connectivity index (χ0) is 18.2. The number of nitrogens with one attached hydrogen (secondary N) is 2. The monoisotopic (exact) mass is 341 g/mol. The molecule has 2 unspecified atom stereocenters. The summed E-state index contributed by atoms with van der Waals surface area (Å²) in [6, 6.07) is 17.7. The van der Waals surface area contributed by atoms with E-state index in [4.69, 9.17) is 4.74 Å². The van der Waals surface area contributed by atoms with Crippen molar-refractivity contribution in [2.75, 3.05) is 27.7 Å². The topological polar surface area (TPSA) is 53.6 Å². The van der Waals surface area contributed by atoms with E-state index in [-0.39, 0.29) is 18.1 Å². The Morgan fingerprint density at radius 2 is 1.68 bits per heavy atom. The van der Waals surface area contributed by atoms with E-state index in [2.05, 4.69) is 15.5 Å². The molecule has 2 N–H and O–H groups in total. The molecule has 0 radical (unpaired) electrons. The Morgan fingerprint density at radius 3 is 2.24 bits per heavy atom. The van der Waals surface area contributed by atoms with Crippen LogP contribution in [0.2, 0.25) is 0 Å². The van der Waals surface area contributed by atoms with Crippen LogP contribution in [0.15, 0.2) is 54.6 Å². The highest BCUT2D eigenvalue weighted by molar-refractivity contribution is 5.74. The summed E-state index contributed by atoms with van der Waals surface area (Å²) in [6.07, 6.45) is 0. The van der Waals surface area contributed by atoms with Crippen LogP contribution in [0.4, 0.5) is 4.79 Å². The molecule has 25 heavy (non-hydrogen) atoms. The number of hydrogen-bond donors (Lipinski definition) is 2. The van der Waals surface area contributed by atoms with Gasteiger partial charge in [-0.1, -0.05) is 42.5 Å². The highest BCUT2D eigenvalue weighted by Crippen LogP contribution is 2.20. The number of ether oxygens (including phenoxy) is 1. The van der Waals surface area contributed by atoms with Gasteiger partial charge in [-0.2, -0.15) is 0 Å². The Morgan fingerprint density at radius 1 is 1.04 bits per heavy atom. The van der Waals surface area contributed by atoms with Crippen LogP contribution < -0.4 is 15.4 Å². The highest BCUT2D eigenvalue weighted by atomic mass is 16.5. The first-order valence-corrected chi connectivity index (χ1v) is 8.41. The Labute approximate surface area is 150 Å². The van der Waals surface area contributed by atoms with Gasteiger partial charge in [-0.25, -0.2) is 4.79 Å². The minimum absolute atomic E-state index is 0.0417. The Balaban J connectivity index is 1.92. The number of carbonyl (C=O) groups is 1. The van der Waals surface area contributed by atoms with Crippen molar-refractivity contribution in [1.82, 2.24) is 15.5 Å². The Hall–Kier alpha value is -2.53. The fourth-order valence-electron chi connectivity index (χ4n) is 2.69. The van der Waals surface area contributed by atoms with E-state index in [1.165, 1.54) is 0 Å². The van der Waals surface area contributed by atoms with Gasteiger partial charge in [0.2, 0.25) is 0 Å². The fourth-order valence-corrected chi connectivity index (χ4v) is 2.69. The Kier molecular flexibility index (Phi) is 6.83. The summed E-state index contributed by atoms with van der Waals surface area (Å²) in [6.45, 7) is 2.49. The average molecular weight is 341 g/mol. The summed E-state index contributed by atoms with van der Waals surface area (Å²) < 4.78 is 5.20. The van der Waals surface area contributed by atoms with Gasteiger partial charge in [0, 0.05) is 6.54 Å². The van der Waals surface area contributed by atoms with Crippen LogP contribution >= 0.6 is 0 Å². The molecule has 2 atom stereocenters. The first-order valence-electron chi connectivity index (χ1n) is 8.41. The molecule has 0 aliphatic heterocycles. The normalized spacial score (nSPS) is 13.2. The number of carbonyl (C=O) groups excluding carboxylic acids is 1. The molecule has 0 fully saturated rings. The predicted octanol–water partition coefficient (Wildman–Crippen LogP) is 3.36. The van der Waals surface area contributed by atoms with Crippen molar-refractivity contribution in [1.29, 1.82) is 0 Å². The van der Waals surface area contributed by atoms with E-state index in [1.54, 1.807) is 7.11 Å². The fraction of sp³-hybridized carbons (Fsp3) is 0.350. The molecule has 0 saturated heterocycles. The number of hydrogen-bond acceptors (Lipinski definition) is 3. The van der Waals surface area contributed by atoms with Crippen LogP contribution in [0.5, 0.6) is 5.75 Å². The molecule has 0 bridgehead atoms. The molecule has 0 aliphatic rings. The molecule has 0 saturated carbocycles. The lowest BCUT2D eigenvalue weighted by molar-refractivity contribution is 0.230. The first-order chi connectivity index (χ1) is 12.0. The molecule has 0 spiro atoms. The van der Waals surface area contributed by atoms with Gasteiger partial charge in [0.15, 0.2) is 0 Å². The van der Waals surface area contributed by atoms with Crippen molar-refractivity contribution in [3.63, 3.8) is 0 Å². The Bertz CT molecular complexity index is 656. The molecule has 5 heteroatoms. The highest BCUT2D eigenvalue weighted by Gasteiger charge is 2.16. The zero-order valence-electron chi connectivity index (χ0n) is 15.3. The van der Waals surface area contributed by atoms with Gasteiger partial charge >= 0.3 is 6.03 Å². The lowest BCUT2D eigenvalue weighted by Crippen LogP contribution is -2.41. The molecule has 2 amide bonds. The van der Waals surface area contributed by atoms with Crippen LogP contribution in [-0.2, 0) is 0 Å². The van der Waals surface area contributed by atoms with E-state index in [0.717, 1.165) is 16.9 Å². The molecule has 0 aliphatic carbocycles. The van der Waals surface area contributed by atoms with Crippen molar-refractivity contribution < 1.29 is 9.53 Å². The third kappa shape index (κ3) is 5.50. The molecule has 0 heterocycles. The molecule has 2 aromatic rings. The quantitative estimate of drug-likeness (QED) is 0.812. The number of urea groups is 1. The molecule has 2 rings (SSSR count). The summed E-state index contributed by atoms with van der Waals surface area (Å²) in [7, 11) is 5.65. The maximum atomic E-state index is 12.2. The lowest BCUT2D eigenvalue weighted by atomic mass is 10.1. The number of rotatable bonds is 7. The maximum Gasteiger partial charge on any atom is 0.315 e. The van der Waals surface area contributed by atoms with E-state index in [0.29, 0.717) is 6.54 Å². The van der Waals surface area contributed by atoms with Crippen LogP contribution in [-0.4, -0.2) is 38.7 Å². The van der Waals surface area contributed by atoms with Crippen molar-refractivity contribution >= 4 is 6.03 Å². The second-order valence-electron chi connectivity index (χ2n) is 6.24. The molecular weight excluding hydrogens is 314 g/mol. The van der Waals surface area contributed by atoms with Crippen LogP contribution in [0.3, 0.4) is 0 Å². The van der Waals surface area contributed by atoms with Gasteiger partial charge in [0.05, 0.1) is 19.2 Å². The standard InChI is InChI=1S/C20H27N3O2/c1-15(16-8-6-5-7-9-16)22-20(24)21-14-19(23(2)3)17-10-12-18(25-4)13-11-17/h5-13,15,19H,14H2,1-4H3,(H2,21,22,24). The largest absolute Gasteiger partial charge is 0.497 e. The average Bonchev–Trinajstić information content (AvgIpc) is 2.62. The molecule has 134 valence electrons. The van der Waals surface area contributed by atoms with Crippen molar-refractivity contribution in [2.45, 2.75) is 19.0 Å². The molecule has 5 nitrogen and oxygen atoms in total. The molecule has 2 aromatic carbocycles. The van der Waals surface area contributed by atoms with Gasteiger partial charge in [-0.3, -0.25) is 0 Å². The number of likely N-dealkylation sites (N-methyl/N-ethyl adjacent to an activating group) is 1. The SMILES string of the molecule is COc1ccc(C(CNC(=O)NC(C)c2ccccc2)N(C)C)cc1. The third-order valence-electron chi connectivity index (χ3n) is 4.23. The van der Waals surface area contributed by atoms with Gasteiger partial charge in [0.25, 0.3) is 0 Å². The second kappa shape index (κ2) is 9.08. The number of methoxy groups -OCH3 is 1. The van der Waals surface area contributed by atoms with Gasteiger partial charge in [0.1, 0.15) is 5.75 Å². The number of nitrogens with zero attached hydrogens (tertiary/aromatic N) is 1. The number of benzene rings is 2. The van der Waals surface area contributed by atoms with E-state index >= 15 is 0 Å². The summed E-state index contributed by atoms with van der Waals surface area (Å²) in [4.78, 5) is 14.3. The lowest BCUT2D eigenvalue weighted by Gasteiger charge is -2.26. The molecule has 0 aromatic heterocycles. The van der Waals surface area contributed by atoms with Crippen molar-refractivity contribution in [2.24, 2.45) is 0 Å². The van der Waals surface area contributed by atoms with E-state index in [1.807, 2.05) is 75.6 Å². The van der Waals surface area contributed by atoms with Gasteiger partial charge < -0.3 is 20.3 Å². The van der Waals surface area contributed by atoms with E-state index in [9.17, 15) is 4.79 Å². The zero-order valence-corrected chi connectivity index (χ0v) is 15.3. The smallest absolute Gasteiger partial charge is 0.315 e. The minimum Gasteiger partial charge on any atom is -0.497 e. The van der Waals surface area contributed by atoms with Crippen molar-refractivity contribution in [3.05, 3.63) is 65.7 Å². The van der Waals surface area contributed by atoms with Crippen LogP contribution in [0, 0.1) is 0 Å². The first kappa shape index (κ1) is 18.8. The minimum atomic E-state index is -0.170. The summed E-state index contributed by atoms with van der Waals surface area (Å²) in [5, 5.41) is 5.94. The molecular formula is C20H27N3O2. The predicted molar refractivity (Wildman–Crippen MR) is 101 cm³/mol. The number of amides is 2. The van der Waals surface area contributed by atoms with E-state index < -0.39 is 0 Å². The third-order valence-corrected chi connectivity index (χ3v) is 4.23. The maximum absolute atomic E-state index is 12.2. The van der Waals surface area contributed by atoms with Gasteiger partial charge in [-0.05, 0) is 44.3 Å².